The van der Waals surface area contributed by atoms with Gasteiger partial charge < -0.3 is 0 Å². The molecule has 1 aliphatic carbocycles. The highest BCUT2D eigenvalue weighted by Crippen LogP contribution is 2.33. The lowest BCUT2D eigenvalue weighted by atomic mass is 9.98. The van der Waals surface area contributed by atoms with E-state index in [1.807, 2.05) is 13.0 Å². The Bertz CT molecular complexity index is 409. The van der Waals surface area contributed by atoms with E-state index in [0.717, 1.165) is 24.8 Å². The van der Waals surface area contributed by atoms with Crippen LogP contribution in [0.3, 0.4) is 0 Å². The van der Waals surface area contributed by atoms with Gasteiger partial charge in [0, 0.05) is 0 Å². The van der Waals surface area contributed by atoms with Gasteiger partial charge >= 0.3 is 0 Å². The number of benzene rings is 1. The third-order valence-electron chi connectivity index (χ3n) is 3.44. The second kappa shape index (κ2) is 4.82. The fourth-order valence-corrected chi connectivity index (χ4v) is 2.22. The van der Waals surface area contributed by atoms with Crippen molar-refractivity contribution in [2.45, 2.75) is 46.0 Å². The van der Waals surface area contributed by atoms with E-state index in [1.165, 1.54) is 24.0 Å². The molecule has 86 valence electrons. The van der Waals surface area contributed by atoms with Gasteiger partial charge in [-0.2, -0.15) is 0 Å². The molecule has 1 aromatic carbocycles. The molecule has 0 nitrogen and oxygen atoms in total. The predicted molar refractivity (Wildman–Crippen MR) is 66.0 cm³/mol. The van der Waals surface area contributed by atoms with Crippen molar-refractivity contribution in [2.75, 3.05) is 0 Å². The number of hydrogen-bond donors (Lipinski definition) is 0. The van der Waals surface area contributed by atoms with E-state index >= 15 is 0 Å². The molecular weight excluding hydrogens is 199 g/mol. The summed E-state index contributed by atoms with van der Waals surface area (Å²) in [7, 11) is 0. The van der Waals surface area contributed by atoms with Crippen molar-refractivity contribution in [1.82, 2.24) is 0 Å². The van der Waals surface area contributed by atoms with E-state index in [-0.39, 0.29) is 5.82 Å². The molecule has 0 saturated heterocycles. The summed E-state index contributed by atoms with van der Waals surface area (Å²) in [5, 5.41) is 0. The Balaban J connectivity index is 2.09. The molecule has 0 N–H and O–H groups in total. The lowest BCUT2D eigenvalue weighted by Gasteiger charge is -2.09. The Morgan fingerprint density at radius 3 is 2.69 bits per heavy atom. The molecule has 1 saturated carbocycles. The first-order valence-corrected chi connectivity index (χ1v) is 6.16. The SMILES string of the molecule is CCc1c(F)cccc1CCC(C)=C1CC1. The molecule has 0 heterocycles. The zero-order valence-electron chi connectivity index (χ0n) is 10.1. The van der Waals surface area contributed by atoms with Gasteiger partial charge in [0.1, 0.15) is 5.82 Å². The molecule has 0 unspecified atom stereocenters. The Hall–Kier alpha value is -1.11. The van der Waals surface area contributed by atoms with Crippen molar-refractivity contribution in [3.8, 4) is 0 Å². The minimum absolute atomic E-state index is 0.0447. The second-order valence-electron chi connectivity index (χ2n) is 4.61. The lowest BCUT2D eigenvalue weighted by molar-refractivity contribution is 0.608. The molecule has 0 atom stereocenters. The van der Waals surface area contributed by atoms with Crippen LogP contribution in [0.4, 0.5) is 4.39 Å². The maximum absolute atomic E-state index is 13.5. The number of rotatable bonds is 4. The third-order valence-corrected chi connectivity index (χ3v) is 3.44. The highest BCUT2D eigenvalue weighted by molar-refractivity contribution is 5.31. The summed E-state index contributed by atoms with van der Waals surface area (Å²) >= 11 is 0. The van der Waals surface area contributed by atoms with E-state index in [9.17, 15) is 4.39 Å². The van der Waals surface area contributed by atoms with Crippen LogP contribution in [0.5, 0.6) is 0 Å². The molecule has 0 bridgehead atoms. The summed E-state index contributed by atoms with van der Waals surface area (Å²) in [6.45, 7) is 4.24. The van der Waals surface area contributed by atoms with Gasteiger partial charge in [0.2, 0.25) is 0 Å². The van der Waals surface area contributed by atoms with Crippen molar-refractivity contribution in [1.29, 1.82) is 0 Å². The zero-order valence-corrected chi connectivity index (χ0v) is 10.1. The summed E-state index contributed by atoms with van der Waals surface area (Å²) < 4.78 is 13.5. The van der Waals surface area contributed by atoms with Crippen LogP contribution in [-0.2, 0) is 12.8 Å². The Morgan fingerprint density at radius 2 is 2.06 bits per heavy atom. The van der Waals surface area contributed by atoms with E-state index in [1.54, 1.807) is 11.6 Å². The average Bonchev–Trinajstić information content (AvgIpc) is 3.09. The van der Waals surface area contributed by atoms with Crippen LogP contribution >= 0.6 is 0 Å². The largest absolute Gasteiger partial charge is 0.207 e. The van der Waals surface area contributed by atoms with Gasteiger partial charge in [-0.15, -0.1) is 0 Å². The van der Waals surface area contributed by atoms with E-state index in [0.29, 0.717) is 0 Å². The first-order chi connectivity index (χ1) is 7.72. The quantitative estimate of drug-likeness (QED) is 0.656. The van der Waals surface area contributed by atoms with Crippen molar-refractivity contribution in [3.05, 3.63) is 46.3 Å². The van der Waals surface area contributed by atoms with Crippen molar-refractivity contribution in [3.63, 3.8) is 0 Å². The van der Waals surface area contributed by atoms with E-state index < -0.39 is 0 Å². The molecule has 1 fully saturated rings. The average molecular weight is 218 g/mol. The monoisotopic (exact) mass is 218 g/mol. The molecule has 0 amide bonds. The normalized spacial score (nSPS) is 14.1. The molecule has 1 aliphatic rings. The smallest absolute Gasteiger partial charge is 0.126 e. The molecule has 0 spiro atoms. The van der Waals surface area contributed by atoms with Gasteiger partial charge in [0.25, 0.3) is 0 Å². The Kier molecular flexibility index (Phi) is 3.42. The van der Waals surface area contributed by atoms with Gasteiger partial charge in [-0.3, -0.25) is 0 Å². The van der Waals surface area contributed by atoms with Crippen LogP contribution in [0.2, 0.25) is 0 Å². The third kappa shape index (κ3) is 2.52. The lowest BCUT2D eigenvalue weighted by Crippen LogP contribution is -1.97. The van der Waals surface area contributed by atoms with Gasteiger partial charge in [-0.25, -0.2) is 4.39 Å². The number of aryl methyl sites for hydroxylation is 1. The topological polar surface area (TPSA) is 0 Å². The van der Waals surface area contributed by atoms with Gasteiger partial charge in [0.15, 0.2) is 0 Å². The van der Waals surface area contributed by atoms with E-state index in [4.69, 9.17) is 0 Å². The Labute approximate surface area is 97.2 Å². The van der Waals surface area contributed by atoms with Crippen LogP contribution in [0.15, 0.2) is 29.3 Å². The summed E-state index contributed by atoms with van der Waals surface area (Å²) in [6, 6.07) is 5.45. The van der Waals surface area contributed by atoms with Gasteiger partial charge in [0.05, 0.1) is 0 Å². The summed E-state index contributed by atoms with van der Waals surface area (Å²) in [5.41, 5.74) is 5.22. The highest BCUT2D eigenvalue weighted by atomic mass is 19.1. The second-order valence-corrected chi connectivity index (χ2v) is 4.61. The minimum Gasteiger partial charge on any atom is -0.207 e. The minimum atomic E-state index is -0.0447. The fourth-order valence-electron chi connectivity index (χ4n) is 2.22. The summed E-state index contributed by atoms with van der Waals surface area (Å²) in [4.78, 5) is 0. The molecular formula is C15H19F. The summed E-state index contributed by atoms with van der Waals surface area (Å²) in [5.74, 6) is -0.0447. The van der Waals surface area contributed by atoms with Crippen LogP contribution < -0.4 is 0 Å². The van der Waals surface area contributed by atoms with Crippen LogP contribution in [0, 0.1) is 5.82 Å². The molecule has 0 aromatic heterocycles. The fraction of sp³-hybridized carbons (Fsp3) is 0.467. The number of halogens is 1. The van der Waals surface area contributed by atoms with E-state index in [2.05, 4.69) is 13.0 Å². The maximum atomic E-state index is 13.5. The predicted octanol–water partition coefficient (Wildman–Crippen LogP) is 4.43. The van der Waals surface area contributed by atoms with Crippen LogP contribution in [0.1, 0.15) is 44.2 Å². The number of hydrogen-bond acceptors (Lipinski definition) is 0. The first kappa shape index (κ1) is 11.4. The molecule has 2 rings (SSSR count). The molecule has 16 heavy (non-hydrogen) atoms. The number of allylic oxidation sites excluding steroid dienone is 2. The van der Waals surface area contributed by atoms with Crippen LogP contribution in [0.25, 0.3) is 0 Å². The van der Waals surface area contributed by atoms with Crippen molar-refractivity contribution in [2.24, 2.45) is 0 Å². The Morgan fingerprint density at radius 1 is 1.31 bits per heavy atom. The molecule has 0 aliphatic heterocycles. The van der Waals surface area contributed by atoms with Gasteiger partial charge in [-0.05, 0) is 56.2 Å². The van der Waals surface area contributed by atoms with Crippen molar-refractivity contribution >= 4 is 0 Å². The van der Waals surface area contributed by atoms with Crippen LogP contribution in [-0.4, -0.2) is 0 Å². The standard InChI is InChI=1S/C15H19F/c1-3-14-13(5-4-6-15(14)16)8-7-11(2)12-9-10-12/h4-6H,3,7-10H2,1-2H3. The van der Waals surface area contributed by atoms with Crippen molar-refractivity contribution < 1.29 is 4.39 Å². The zero-order chi connectivity index (χ0) is 11.5. The molecule has 0 radical (unpaired) electrons. The maximum Gasteiger partial charge on any atom is 0.126 e. The molecule has 1 aromatic rings. The summed E-state index contributed by atoms with van der Waals surface area (Å²) in [6.07, 6.45) is 5.44. The molecule has 1 heteroatoms. The first-order valence-electron chi connectivity index (χ1n) is 6.16. The highest BCUT2D eigenvalue weighted by Gasteiger charge is 2.14. The van der Waals surface area contributed by atoms with Gasteiger partial charge in [-0.1, -0.05) is 30.2 Å².